The summed E-state index contributed by atoms with van der Waals surface area (Å²) in [4.78, 5) is 18.6. The van der Waals surface area contributed by atoms with Gasteiger partial charge in [-0.05, 0) is 54.9 Å². The Morgan fingerprint density at radius 1 is 1.24 bits per heavy atom. The summed E-state index contributed by atoms with van der Waals surface area (Å²) in [5.74, 6) is 0.0679. The van der Waals surface area contributed by atoms with E-state index in [9.17, 15) is 4.79 Å². The molecule has 3 heterocycles. The number of anilines is 2. The van der Waals surface area contributed by atoms with E-state index in [4.69, 9.17) is 0 Å². The summed E-state index contributed by atoms with van der Waals surface area (Å²) in [6, 6.07) is 11.4. The topological polar surface area (TPSA) is 54.0 Å². The highest BCUT2D eigenvalue weighted by Gasteiger charge is 2.26. The van der Waals surface area contributed by atoms with Gasteiger partial charge in [-0.3, -0.25) is 9.78 Å². The van der Waals surface area contributed by atoms with Crippen molar-refractivity contribution in [1.82, 2.24) is 10.3 Å². The Morgan fingerprint density at radius 2 is 2.08 bits per heavy atom. The summed E-state index contributed by atoms with van der Waals surface area (Å²) in [7, 11) is 0. The smallest absolute Gasteiger partial charge is 0.196 e. The number of nitrogens with one attached hydrogen (secondary N) is 2. The molecule has 0 saturated heterocycles. The van der Waals surface area contributed by atoms with Gasteiger partial charge in [0.15, 0.2) is 5.78 Å². The Bertz CT molecular complexity index is 906. The lowest BCUT2D eigenvalue weighted by atomic mass is 9.97. The van der Waals surface area contributed by atoms with Gasteiger partial charge in [-0.15, -0.1) is 11.3 Å². The minimum Gasteiger partial charge on any atom is -0.345 e. The average Bonchev–Trinajstić information content (AvgIpc) is 3.00. The molecule has 0 bridgehead atoms. The molecule has 4 nitrogen and oxygen atoms in total. The van der Waals surface area contributed by atoms with Gasteiger partial charge < -0.3 is 10.6 Å². The highest BCUT2D eigenvalue weighted by atomic mass is 79.9. The first-order chi connectivity index (χ1) is 12.2. The number of hydrogen-bond donors (Lipinski definition) is 2. The van der Waals surface area contributed by atoms with E-state index in [1.54, 1.807) is 23.7 Å². The van der Waals surface area contributed by atoms with Crippen LogP contribution >= 0.6 is 27.3 Å². The number of nitrogens with zero attached hydrogens (tertiary/aromatic N) is 1. The third-order valence-electron chi connectivity index (χ3n) is 4.18. The largest absolute Gasteiger partial charge is 0.345 e. The standard InChI is InChI=1S/C19H16BrN3OS/c20-13-5-3-12(4-6-13)18(24)17-15-7-9-22-11-16(15)25-19(17)23-14-2-1-8-21-10-14/h1-6,8,10,22-23H,7,9,11H2. The molecule has 0 atom stereocenters. The van der Waals surface area contributed by atoms with Crippen LogP contribution in [0.25, 0.3) is 0 Å². The van der Waals surface area contributed by atoms with Crippen LogP contribution in [0.3, 0.4) is 0 Å². The fourth-order valence-corrected chi connectivity index (χ4v) is 4.48. The first-order valence-electron chi connectivity index (χ1n) is 8.05. The van der Waals surface area contributed by atoms with Crippen molar-refractivity contribution in [2.24, 2.45) is 0 Å². The molecule has 1 aliphatic rings. The van der Waals surface area contributed by atoms with Crippen LogP contribution < -0.4 is 10.6 Å². The molecule has 2 N–H and O–H groups in total. The molecule has 126 valence electrons. The summed E-state index contributed by atoms with van der Waals surface area (Å²) in [5, 5.41) is 7.67. The van der Waals surface area contributed by atoms with E-state index in [2.05, 4.69) is 31.5 Å². The molecule has 2 aromatic heterocycles. The van der Waals surface area contributed by atoms with Gasteiger partial charge >= 0.3 is 0 Å². The van der Waals surface area contributed by atoms with E-state index in [1.165, 1.54) is 10.4 Å². The van der Waals surface area contributed by atoms with E-state index < -0.39 is 0 Å². The van der Waals surface area contributed by atoms with Crippen LogP contribution in [0.5, 0.6) is 0 Å². The van der Waals surface area contributed by atoms with Crippen LogP contribution in [0, 0.1) is 0 Å². The molecular weight excluding hydrogens is 398 g/mol. The van der Waals surface area contributed by atoms with Crippen molar-refractivity contribution in [1.29, 1.82) is 0 Å². The Kier molecular flexibility index (Phi) is 4.65. The van der Waals surface area contributed by atoms with Gasteiger partial charge in [0.2, 0.25) is 0 Å². The molecular formula is C19H16BrN3OS. The Labute approximate surface area is 158 Å². The second-order valence-electron chi connectivity index (χ2n) is 5.84. The van der Waals surface area contributed by atoms with E-state index in [0.717, 1.165) is 40.2 Å². The number of ketones is 1. The number of aromatic nitrogens is 1. The van der Waals surface area contributed by atoms with Crippen molar-refractivity contribution in [2.75, 3.05) is 11.9 Å². The molecule has 1 aliphatic heterocycles. The maximum atomic E-state index is 13.2. The quantitative estimate of drug-likeness (QED) is 0.617. The first kappa shape index (κ1) is 16.4. The van der Waals surface area contributed by atoms with Crippen LogP contribution in [0.15, 0.2) is 53.3 Å². The molecule has 0 radical (unpaired) electrons. The molecule has 0 amide bonds. The Morgan fingerprint density at radius 3 is 2.84 bits per heavy atom. The summed E-state index contributed by atoms with van der Waals surface area (Å²) in [6.45, 7) is 1.71. The lowest BCUT2D eigenvalue weighted by Crippen LogP contribution is -2.23. The highest BCUT2D eigenvalue weighted by Crippen LogP contribution is 2.38. The first-order valence-corrected chi connectivity index (χ1v) is 9.66. The number of carbonyl (C=O) groups is 1. The second-order valence-corrected chi connectivity index (χ2v) is 7.86. The van der Waals surface area contributed by atoms with Crippen LogP contribution in [0.2, 0.25) is 0 Å². The molecule has 0 aliphatic carbocycles. The van der Waals surface area contributed by atoms with Crippen molar-refractivity contribution in [3.05, 3.63) is 74.8 Å². The van der Waals surface area contributed by atoms with Crippen LogP contribution in [-0.2, 0) is 13.0 Å². The number of benzene rings is 1. The van der Waals surface area contributed by atoms with Gasteiger partial charge in [-0.25, -0.2) is 0 Å². The number of carbonyl (C=O) groups excluding carboxylic acids is 1. The lowest BCUT2D eigenvalue weighted by molar-refractivity contribution is 0.103. The normalized spacial score (nSPS) is 13.3. The maximum Gasteiger partial charge on any atom is 0.196 e. The van der Waals surface area contributed by atoms with E-state index in [0.29, 0.717) is 5.56 Å². The number of hydrogen-bond acceptors (Lipinski definition) is 5. The van der Waals surface area contributed by atoms with Gasteiger partial charge in [0, 0.05) is 27.7 Å². The fraction of sp³-hybridized carbons (Fsp3) is 0.158. The number of fused-ring (bicyclic) bond motifs is 1. The summed E-state index contributed by atoms with van der Waals surface area (Å²) in [5.41, 5.74) is 3.56. The summed E-state index contributed by atoms with van der Waals surface area (Å²) >= 11 is 5.08. The zero-order valence-corrected chi connectivity index (χ0v) is 15.8. The summed E-state index contributed by atoms with van der Waals surface area (Å²) in [6.07, 6.45) is 4.38. The lowest BCUT2D eigenvalue weighted by Gasteiger charge is -2.14. The molecule has 0 fully saturated rings. The number of pyridine rings is 1. The molecule has 4 rings (SSSR count). The molecule has 1 aromatic carbocycles. The predicted octanol–water partition coefficient (Wildman–Crippen LogP) is 4.53. The van der Waals surface area contributed by atoms with Gasteiger partial charge in [-0.2, -0.15) is 0 Å². The number of rotatable bonds is 4. The van der Waals surface area contributed by atoms with Crippen molar-refractivity contribution < 1.29 is 4.79 Å². The van der Waals surface area contributed by atoms with Crippen LogP contribution in [-0.4, -0.2) is 17.3 Å². The van der Waals surface area contributed by atoms with Crippen molar-refractivity contribution in [3.63, 3.8) is 0 Å². The van der Waals surface area contributed by atoms with Crippen molar-refractivity contribution in [3.8, 4) is 0 Å². The number of halogens is 1. The summed E-state index contributed by atoms with van der Waals surface area (Å²) < 4.78 is 0.967. The molecule has 25 heavy (non-hydrogen) atoms. The van der Waals surface area contributed by atoms with Crippen LogP contribution in [0.1, 0.15) is 26.4 Å². The second kappa shape index (κ2) is 7.07. The van der Waals surface area contributed by atoms with Crippen molar-refractivity contribution >= 4 is 43.7 Å². The average molecular weight is 414 g/mol. The van der Waals surface area contributed by atoms with Crippen LogP contribution in [0.4, 0.5) is 10.7 Å². The molecule has 6 heteroatoms. The van der Waals surface area contributed by atoms with Crippen molar-refractivity contribution in [2.45, 2.75) is 13.0 Å². The Balaban J connectivity index is 1.77. The van der Waals surface area contributed by atoms with E-state index in [1.807, 2.05) is 36.4 Å². The minimum absolute atomic E-state index is 0.0679. The molecule has 0 spiro atoms. The zero-order chi connectivity index (χ0) is 17.2. The zero-order valence-electron chi connectivity index (χ0n) is 13.4. The Hall–Kier alpha value is -2.02. The SMILES string of the molecule is O=C(c1ccc(Br)cc1)c1c(Nc2cccnc2)sc2c1CCNC2. The third-order valence-corrected chi connectivity index (χ3v) is 5.86. The molecule has 0 saturated carbocycles. The molecule has 3 aromatic rings. The molecule has 0 unspecified atom stereocenters. The fourth-order valence-electron chi connectivity index (χ4n) is 2.98. The predicted molar refractivity (Wildman–Crippen MR) is 105 cm³/mol. The van der Waals surface area contributed by atoms with Gasteiger partial charge in [0.1, 0.15) is 5.00 Å². The number of thiophene rings is 1. The van der Waals surface area contributed by atoms with Gasteiger partial charge in [-0.1, -0.05) is 15.9 Å². The van der Waals surface area contributed by atoms with E-state index in [-0.39, 0.29) is 5.78 Å². The monoisotopic (exact) mass is 413 g/mol. The highest BCUT2D eigenvalue weighted by molar-refractivity contribution is 9.10. The minimum atomic E-state index is 0.0679. The van der Waals surface area contributed by atoms with E-state index >= 15 is 0 Å². The maximum absolute atomic E-state index is 13.2. The van der Waals surface area contributed by atoms with Gasteiger partial charge in [0.05, 0.1) is 17.4 Å². The third kappa shape index (κ3) is 3.38. The van der Waals surface area contributed by atoms with Gasteiger partial charge in [0.25, 0.3) is 0 Å².